The zero-order valence-corrected chi connectivity index (χ0v) is 27.6. The number of amides is 1. The van der Waals surface area contributed by atoms with Gasteiger partial charge in [0.2, 0.25) is 11.8 Å². The van der Waals surface area contributed by atoms with Crippen molar-refractivity contribution in [3.8, 4) is 17.5 Å². The molecule has 1 atom stereocenters. The quantitative estimate of drug-likeness (QED) is 0.271. The lowest BCUT2D eigenvalue weighted by Crippen LogP contribution is -2.46. The molecule has 1 amide bonds. The first-order valence-electron chi connectivity index (χ1n) is 14.9. The van der Waals surface area contributed by atoms with E-state index in [9.17, 15) is 22.8 Å². The van der Waals surface area contributed by atoms with Crippen molar-refractivity contribution in [2.24, 2.45) is 0 Å². The summed E-state index contributed by atoms with van der Waals surface area (Å²) in [6.07, 6.45) is -1.01. The Bertz CT molecular complexity index is 1860. The van der Waals surface area contributed by atoms with Gasteiger partial charge in [-0.25, -0.2) is 19.2 Å². The van der Waals surface area contributed by atoms with Crippen LogP contribution < -0.4 is 10.3 Å². The molecule has 2 aliphatic rings. The van der Waals surface area contributed by atoms with Gasteiger partial charge in [-0.2, -0.15) is 18.3 Å². The van der Waals surface area contributed by atoms with Crippen LogP contribution in [-0.4, -0.2) is 72.3 Å². The summed E-state index contributed by atoms with van der Waals surface area (Å²) in [4.78, 5) is 40.8. The van der Waals surface area contributed by atoms with Crippen molar-refractivity contribution in [3.63, 3.8) is 0 Å². The molecule has 14 heteroatoms. The third-order valence-electron chi connectivity index (χ3n) is 8.64. The van der Waals surface area contributed by atoms with Gasteiger partial charge in [-0.05, 0) is 71.6 Å². The number of carbonyl (C=O) groups is 1. The SMILES string of the molecule is Cc1cc(C)n(-c2nc3c(c(=O)n2-c2ccc(O[C@H]4C[C@H](N(C)C)C4)nc2)C[C@@H](C)N(C(=O)c2ccc(Br)c(C(F)(F)F)c2)C3)n1. The van der Waals surface area contributed by atoms with Crippen LogP contribution in [0, 0.1) is 13.8 Å². The highest BCUT2D eigenvalue weighted by atomic mass is 79.9. The molecule has 1 fully saturated rings. The smallest absolute Gasteiger partial charge is 0.417 e. The van der Waals surface area contributed by atoms with Crippen LogP contribution in [0.2, 0.25) is 0 Å². The lowest BCUT2D eigenvalue weighted by molar-refractivity contribution is -0.138. The van der Waals surface area contributed by atoms with Crippen molar-refractivity contribution in [1.82, 2.24) is 34.1 Å². The molecule has 46 heavy (non-hydrogen) atoms. The molecule has 0 unspecified atom stereocenters. The summed E-state index contributed by atoms with van der Waals surface area (Å²) in [5, 5.41) is 4.56. The van der Waals surface area contributed by atoms with Crippen molar-refractivity contribution in [2.45, 2.75) is 70.9 Å². The zero-order chi connectivity index (χ0) is 33.1. The molecule has 1 aliphatic heterocycles. The molecular weight excluding hydrogens is 667 g/mol. The number of pyridine rings is 1. The van der Waals surface area contributed by atoms with Crippen LogP contribution in [-0.2, 0) is 19.1 Å². The molecule has 0 radical (unpaired) electrons. The van der Waals surface area contributed by atoms with E-state index in [1.54, 1.807) is 29.9 Å². The number of hydrogen-bond acceptors (Lipinski definition) is 7. The summed E-state index contributed by atoms with van der Waals surface area (Å²) in [6, 6.07) is 8.74. The number of rotatable bonds is 6. The fourth-order valence-corrected chi connectivity index (χ4v) is 6.44. The van der Waals surface area contributed by atoms with Gasteiger partial charge in [-0.15, -0.1) is 0 Å². The normalized spacial score (nSPS) is 19.6. The Morgan fingerprint density at radius 3 is 2.46 bits per heavy atom. The molecule has 1 saturated carbocycles. The van der Waals surface area contributed by atoms with Gasteiger partial charge in [-0.1, -0.05) is 15.9 Å². The third-order valence-corrected chi connectivity index (χ3v) is 9.33. The molecule has 0 saturated heterocycles. The number of nitrogens with zero attached hydrogens (tertiary/aromatic N) is 7. The van der Waals surface area contributed by atoms with Gasteiger partial charge in [0.15, 0.2) is 0 Å². The number of hydrogen-bond donors (Lipinski definition) is 0. The molecular formula is C32H33BrF3N7O3. The molecule has 0 N–H and O–H groups in total. The van der Waals surface area contributed by atoms with Crippen LogP contribution in [0.15, 0.2) is 51.9 Å². The number of benzene rings is 1. The first kappa shape index (κ1) is 31.9. The molecule has 4 heterocycles. The minimum atomic E-state index is -4.64. The van der Waals surface area contributed by atoms with E-state index in [-0.39, 0.29) is 40.6 Å². The largest absolute Gasteiger partial charge is 0.474 e. The van der Waals surface area contributed by atoms with E-state index in [0.29, 0.717) is 28.9 Å². The fourth-order valence-electron chi connectivity index (χ4n) is 5.97. The summed E-state index contributed by atoms with van der Waals surface area (Å²) in [5.74, 6) is 0.0857. The molecule has 242 valence electrons. The molecule has 0 spiro atoms. The zero-order valence-electron chi connectivity index (χ0n) is 26.0. The Kier molecular flexibility index (Phi) is 8.30. The number of aromatic nitrogens is 5. The lowest BCUT2D eigenvalue weighted by Gasteiger charge is -2.39. The van der Waals surface area contributed by atoms with Crippen LogP contribution >= 0.6 is 15.9 Å². The highest BCUT2D eigenvalue weighted by Crippen LogP contribution is 2.36. The van der Waals surface area contributed by atoms with Gasteiger partial charge in [0.05, 0.1) is 35.4 Å². The highest BCUT2D eigenvalue weighted by Gasteiger charge is 2.36. The first-order chi connectivity index (χ1) is 21.7. The van der Waals surface area contributed by atoms with E-state index in [0.717, 1.165) is 30.3 Å². The third kappa shape index (κ3) is 5.95. The highest BCUT2D eigenvalue weighted by molar-refractivity contribution is 9.10. The van der Waals surface area contributed by atoms with Crippen molar-refractivity contribution in [1.29, 1.82) is 0 Å². The van der Waals surface area contributed by atoms with Gasteiger partial charge in [-0.3, -0.25) is 9.59 Å². The van der Waals surface area contributed by atoms with E-state index in [1.165, 1.54) is 21.6 Å². The lowest BCUT2D eigenvalue weighted by atomic mass is 9.88. The van der Waals surface area contributed by atoms with Gasteiger partial charge >= 0.3 is 6.18 Å². The summed E-state index contributed by atoms with van der Waals surface area (Å²) >= 11 is 2.93. The average Bonchev–Trinajstić information content (AvgIpc) is 3.31. The Morgan fingerprint density at radius 2 is 1.85 bits per heavy atom. The Labute approximate surface area is 271 Å². The predicted molar refractivity (Wildman–Crippen MR) is 168 cm³/mol. The number of alkyl halides is 3. The minimum absolute atomic E-state index is 0.0600. The minimum Gasteiger partial charge on any atom is -0.474 e. The summed E-state index contributed by atoms with van der Waals surface area (Å²) in [7, 11) is 4.09. The maximum absolute atomic E-state index is 14.2. The van der Waals surface area contributed by atoms with Crippen molar-refractivity contribution < 1.29 is 22.7 Å². The second-order valence-electron chi connectivity index (χ2n) is 12.2. The summed E-state index contributed by atoms with van der Waals surface area (Å²) < 4.78 is 49.7. The van der Waals surface area contributed by atoms with E-state index in [4.69, 9.17) is 9.72 Å². The predicted octanol–water partition coefficient (Wildman–Crippen LogP) is 5.27. The van der Waals surface area contributed by atoms with Gasteiger partial charge in [0.25, 0.3) is 11.5 Å². The molecule has 3 aromatic heterocycles. The van der Waals surface area contributed by atoms with E-state index in [2.05, 4.69) is 30.9 Å². The Morgan fingerprint density at radius 1 is 1.11 bits per heavy atom. The second kappa shape index (κ2) is 12.0. The number of halogens is 4. The van der Waals surface area contributed by atoms with Crippen LogP contribution in [0.3, 0.4) is 0 Å². The number of carbonyl (C=O) groups excluding carboxylic acids is 1. The standard InChI is InChI=1S/C32H33BrF3N7O3/c1-17-10-19(3)43(39-17)31-38-27-16-41(29(44)20-6-8-26(33)25(12-20)32(34,35)36)18(2)11-24(27)30(45)42(31)21-7-9-28(37-15-21)46-23-13-22(14-23)40(4)5/h6-10,12,15,18,22-23H,11,13-14,16H2,1-5H3/t18-,22-,23-/m1/s1. The average molecular weight is 701 g/mol. The van der Waals surface area contributed by atoms with Gasteiger partial charge in [0, 0.05) is 52.3 Å². The van der Waals surface area contributed by atoms with E-state index >= 15 is 0 Å². The molecule has 1 aromatic carbocycles. The Hall–Kier alpha value is -4.04. The first-order valence-corrected chi connectivity index (χ1v) is 15.7. The van der Waals surface area contributed by atoms with Crippen molar-refractivity contribution >= 4 is 21.8 Å². The fraction of sp³-hybridized carbons (Fsp3) is 0.406. The molecule has 1 aliphatic carbocycles. The number of ether oxygens (including phenoxy) is 1. The molecule has 4 aromatic rings. The van der Waals surface area contributed by atoms with Crippen molar-refractivity contribution in [3.05, 3.63) is 91.2 Å². The van der Waals surface area contributed by atoms with Crippen LogP contribution in [0.5, 0.6) is 5.88 Å². The van der Waals surface area contributed by atoms with E-state index < -0.39 is 23.7 Å². The monoisotopic (exact) mass is 699 g/mol. The van der Waals surface area contributed by atoms with Crippen LogP contribution in [0.4, 0.5) is 13.2 Å². The Balaban J connectivity index is 1.36. The molecule has 6 rings (SSSR count). The topological polar surface area (TPSA) is 98.4 Å². The maximum Gasteiger partial charge on any atom is 0.417 e. The summed E-state index contributed by atoms with van der Waals surface area (Å²) in [5.41, 5.74) is 1.31. The second-order valence-corrected chi connectivity index (χ2v) is 13.0. The molecule has 0 bridgehead atoms. The maximum atomic E-state index is 14.2. The van der Waals surface area contributed by atoms with E-state index in [1.807, 2.05) is 34.0 Å². The summed E-state index contributed by atoms with van der Waals surface area (Å²) in [6.45, 7) is 5.37. The molecule has 10 nitrogen and oxygen atoms in total. The van der Waals surface area contributed by atoms with Gasteiger partial charge in [0.1, 0.15) is 6.10 Å². The van der Waals surface area contributed by atoms with Crippen molar-refractivity contribution in [2.75, 3.05) is 14.1 Å². The van der Waals surface area contributed by atoms with Crippen LogP contribution in [0.1, 0.15) is 58.3 Å². The van der Waals surface area contributed by atoms with Crippen LogP contribution in [0.25, 0.3) is 11.6 Å². The number of fused-ring (bicyclic) bond motifs is 1. The van der Waals surface area contributed by atoms with Gasteiger partial charge < -0.3 is 14.5 Å². The number of aryl methyl sites for hydroxylation is 2.